The summed E-state index contributed by atoms with van der Waals surface area (Å²) in [6.07, 6.45) is 2.96. The molecule has 2 aromatic carbocycles. The van der Waals surface area contributed by atoms with Gasteiger partial charge in [-0.15, -0.1) is 0 Å². The van der Waals surface area contributed by atoms with Crippen molar-refractivity contribution in [3.05, 3.63) is 70.2 Å². The molecule has 0 atom stereocenters. The highest BCUT2D eigenvalue weighted by atomic mass is 35.5. The largest absolute Gasteiger partial charge is 0.352 e. The van der Waals surface area contributed by atoms with Gasteiger partial charge in [0.25, 0.3) is 0 Å². The maximum atomic E-state index is 12.1. The molecule has 4 heteroatoms. The molecule has 0 saturated carbocycles. The highest BCUT2D eigenvalue weighted by Gasteiger charge is 2.11. The van der Waals surface area contributed by atoms with Crippen molar-refractivity contribution in [2.75, 3.05) is 13.1 Å². The van der Waals surface area contributed by atoms with Crippen LogP contribution in [0.3, 0.4) is 0 Å². The number of hydrogen-bond donors (Lipinski definition) is 1. The van der Waals surface area contributed by atoms with E-state index >= 15 is 0 Å². The van der Waals surface area contributed by atoms with E-state index in [-0.39, 0.29) is 5.91 Å². The average molecular weight is 343 g/mol. The number of carbonyl (C=O) groups is 1. The molecule has 1 aliphatic rings. The summed E-state index contributed by atoms with van der Waals surface area (Å²) in [6, 6.07) is 15.9. The first-order chi connectivity index (χ1) is 11.7. The van der Waals surface area contributed by atoms with Gasteiger partial charge in [-0.1, -0.05) is 48.0 Å². The van der Waals surface area contributed by atoms with Crippen LogP contribution in [-0.2, 0) is 24.3 Å². The molecule has 0 aliphatic carbocycles. The van der Waals surface area contributed by atoms with Gasteiger partial charge in [-0.3, -0.25) is 9.69 Å². The molecule has 0 radical (unpaired) electrons. The lowest BCUT2D eigenvalue weighted by atomic mass is 10.1. The molecule has 0 aromatic heterocycles. The molecule has 1 aliphatic heterocycles. The summed E-state index contributed by atoms with van der Waals surface area (Å²) in [5.41, 5.74) is 3.40. The van der Waals surface area contributed by atoms with Crippen molar-refractivity contribution < 1.29 is 4.79 Å². The Bertz CT molecular complexity index is 696. The van der Waals surface area contributed by atoms with Crippen molar-refractivity contribution in [2.45, 2.75) is 32.4 Å². The molecule has 0 unspecified atom stereocenters. The topological polar surface area (TPSA) is 32.3 Å². The first-order valence-electron chi connectivity index (χ1n) is 8.50. The van der Waals surface area contributed by atoms with Crippen LogP contribution in [0.1, 0.15) is 29.5 Å². The molecule has 24 heavy (non-hydrogen) atoms. The van der Waals surface area contributed by atoms with Crippen molar-refractivity contribution in [1.82, 2.24) is 10.2 Å². The Morgan fingerprint density at radius 1 is 1.00 bits per heavy atom. The Morgan fingerprint density at radius 3 is 2.50 bits per heavy atom. The lowest BCUT2D eigenvalue weighted by Crippen LogP contribution is -2.24. The maximum absolute atomic E-state index is 12.1. The fourth-order valence-corrected chi connectivity index (χ4v) is 3.35. The van der Waals surface area contributed by atoms with Gasteiger partial charge in [0, 0.05) is 18.1 Å². The summed E-state index contributed by atoms with van der Waals surface area (Å²) in [6.45, 7) is 3.96. The minimum absolute atomic E-state index is 0.0159. The van der Waals surface area contributed by atoms with Crippen molar-refractivity contribution >= 4 is 17.5 Å². The third kappa shape index (κ3) is 5.08. The zero-order valence-electron chi connectivity index (χ0n) is 13.8. The van der Waals surface area contributed by atoms with Crippen LogP contribution >= 0.6 is 11.6 Å². The molecule has 1 amide bonds. The number of nitrogens with zero attached hydrogens (tertiary/aromatic N) is 1. The molecule has 3 nitrogen and oxygen atoms in total. The predicted molar refractivity (Wildman–Crippen MR) is 98.0 cm³/mol. The SMILES string of the molecule is O=C(Cc1cccc(Cl)c1)NCc1cccc(CN2CCCC2)c1. The van der Waals surface area contributed by atoms with Crippen LogP contribution in [0.25, 0.3) is 0 Å². The highest BCUT2D eigenvalue weighted by molar-refractivity contribution is 6.30. The zero-order valence-corrected chi connectivity index (χ0v) is 14.6. The second-order valence-electron chi connectivity index (χ2n) is 6.39. The quantitative estimate of drug-likeness (QED) is 0.866. The maximum Gasteiger partial charge on any atom is 0.224 e. The van der Waals surface area contributed by atoms with Gasteiger partial charge >= 0.3 is 0 Å². The van der Waals surface area contributed by atoms with Gasteiger partial charge in [-0.2, -0.15) is 0 Å². The second-order valence-corrected chi connectivity index (χ2v) is 6.82. The number of hydrogen-bond acceptors (Lipinski definition) is 2. The number of nitrogens with one attached hydrogen (secondary N) is 1. The molecule has 1 saturated heterocycles. The molecule has 2 aromatic rings. The number of amides is 1. The summed E-state index contributed by atoms with van der Waals surface area (Å²) in [7, 11) is 0. The van der Waals surface area contributed by atoms with E-state index in [9.17, 15) is 4.79 Å². The number of likely N-dealkylation sites (tertiary alicyclic amines) is 1. The molecule has 1 fully saturated rings. The molecule has 0 bridgehead atoms. The fourth-order valence-electron chi connectivity index (χ4n) is 3.13. The van der Waals surface area contributed by atoms with Crippen molar-refractivity contribution in [3.63, 3.8) is 0 Å². The van der Waals surface area contributed by atoms with Crippen LogP contribution in [0, 0.1) is 0 Å². The van der Waals surface area contributed by atoms with Crippen LogP contribution in [0.15, 0.2) is 48.5 Å². The molecule has 0 spiro atoms. The van der Waals surface area contributed by atoms with Crippen LogP contribution < -0.4 is 5.32 Å². The standard InChI is InChI=1S/C20H23ClN2O/c21-19-8-4-5-16(12-19)13-20(24)22-14-17-6-3-7-18(11-17)15-23-9-1-2-10-23/h3-8,11-12H,1-2,9-10,13-15H2,(H,22,24). The number of halogens is 1. The fraction of sp³-hybridized carbons (Fsp3) is 0.350. The summed E-state index contributed by atoms with van der Waals surface area (Å²) in [5.74, 6) is 0.0159. The highest BCUT2D eigenvalue weighted by Crippen LogP contribution is 2.14. The van der Waals surface area contributed by atoms with Gasteiger partial charge in [-0.25, -0.2) is 0 Å². The van der Waals surface area contributed by atoms with Crippen molar-refractivity contribution in [2.24, 2.45) is 0 Å². The predicted octanol–water partition coefficient (Wildman–Crippen LogP) is 3.79. The van der Waals surface area contributed by atoms with E-state index in [2.05, 4.69) is 34.5 Å². The van der Waals surface area contributed by atoms with Crippen LogP contribution in [0.2, 0.25) is 5.02 Å². The van der Waals surface area contributed by atoms with E-state index in [1.54, 1.807) is 0 Å². The van der Waals surface area contributed by atoms with Gasteiger partial charge in [0.15, 0.2) is 0 Å². The minimum Gasteiger partial charge on any atom is -0.352 e. The van der Waals surface area contributed by atoms with Gasteiger partial charge in [0.2, 0.25) is 5.91 Å². The first-order valence-corrected chi connectivity index (χ1v) is 8.88. The van der Waals surface area contributed by atoms with Crippen LogP contribution in [0.5, 0.6) is 0 Å². The molecular weight excluding hydrogens is 320 g/mol. The number of rotatable bonds is 6. The average Bonchev–Trinajstić information content (AvgIpc) is 3.06. The van der Waals surface area contributed by atoms with Crippen molar-refractivity contribution in [3.8, 4) is 0 Å². The van der Waals surface area contributed by atoms with E-state index in [1.807, 2.05) is 24.3 Å². The van der Waals surface area contributed by atoms with Gasteiger partial charge in [-0.05, 0) is 54.8 Å². The monoisotopic (exact) mass is 342 g/mol. The summed E-state index contributed by atoms with van der Waals surface area (Å²) < 4.78 is 0. The third-order valence-corrected chi connectivity index (χ3v) is 4.57. The van der Waals surface area contributed by atoms with Gasteiger partial charge in [0.1, 0.15) is 0 Å². The molecule has 126 valence electrons. The Kier molecular flexibility index (Phi) is 5.89. The van der Waals surface area contributed by atoms with Gasteiger partial charge < -0.3 is 5.32 Å². The lowest BCUT2D eigenvalue weighted by Gasteiger charge is -2.15. The molecular formula is C20H23ClN2O. The number of carbonyl (C=O) groups excluding carboxylic acids is 1. The summed E-state index contributed by atoms with van der Waals surface area (Å²) in [5, 5.41) is 3.65. The normalized spacial score (nSPS) is 14.7. The van der Waals surface area contributed by atoms with E-state index in [0.717, 1.165) is 17.7 Å². The van der Waals surface area contributed by atoms with Crippen molar-refractivity contribution in [1.29, 1.82) is 0 Å². The van der Waals surface area contributed by atoms with E-state index in [4.69, 9.17) is 11.6 Å². The minimum atomic E-state index is 0.0159. The Morgan fingerprint density at radius 2 is 1.71 bits per heavy atom. The lowest BCUT2D eigenvalue weighted by molar-refractivity contribution is -0.120. The zero-order chi connectivity index (χ0) is 16.8. The Labute approximate surface area is 148 Å². The second kappa shape index (κ2) is 8.32. The Hall–Kier alpha value is -1.84. The summed E-state index contributed by atoms with van der Waals surface area (Å²) >= 11 is 5.95. The smallest absolute Gasteiger partial charge is 0.224 e. The summed E-state index contributed by atoms with van der Waals surface area (Å²) in [4.78, 5) is 14.6. The molecule has 1 N–H and O–H groups in total. The van der Waals surface area contributed by atoms with E-state index < -0.39 is 0 Å². The van der Waals surface area contributed by atoms with E-state index in [0.29, 0.717) is 18.0 Å². The Balaban J connectivity index is 1.51. The van der Waals surface area contributed by atoms with Crippen LogP contribution in [-0.4, -0.2) is 23.9 Å². The first kappa shape index (κ1) is 17.0. The molecule has 1 heterocycles. The van der Waals surface area contributed by atoms with E-state index in [1.165, 1.54) is 31.5 Å². The van der Waals surface area contributed by atoms with Gasteiger partial charge in [0.05, 0.1) is 6.42 Å². The molecule has 3 rings (SSSR count). The van der Waals surface area contributed by atoms with Crippen LogP contribution in [0.4, 0.5) is 0 Å². The third-order valence-electron chi connectivity index (χ3n) is 4.34. The number of benzene rings is 2.